The maximum Gasteiger partial charge on any atom is 0.268 e. The first-order chi connectivity index (χ1) is 24.4. The van der Waals surface area contributed by atoms with Crippen LogP contribution in [0.4, 0.5) is 0 Å². The number of hydrogen-bond donors (Lipinski definition) is 3. The number of aliphatic hydroxyl groups is 2. The van der Waals surface area contributed by atoms with Gasteiger partial charge in [0.05, 0.1) is 46.0 Å². The van der Waals surface area contributed by atoms with Crippen LogP contribution in [-0.2, 0) is 18.4 Å². The number of aliphatic hydroxyl groups excluding tert-OH is 2. The molecule has 3 N–H and O–H groups in total. The van der Waals surface area contributed by atoms with Gasteiger partial charge in [0, 0.05) is 6.42 Å². The molecular weight excluding hydrogens is 663 g/mol. The molecule has 4 atom stereocenters. The van der Waals surface area contributed by atoms with Gasteiger partial charge in [-0.2, -0.15) is 0 Å². The third kappa shape index (κ3) is 34.7. The molecule has 0 saturated carbocycles. The number of carbonyl (C=O) groups is 1. The first kappa shape index (κ1) is 48.9. The molecule has 0 bridgehead atoms. The summed E-state index contributed by atoms with van der Waals surface area (Å²) in [5, 5.41) is 23.6. The molecule has 2 unspecified atom stereocenters. The van der Waals surface area contributed by atoms with E-state index >= 15 is 0 Å². The molecule has 294 valence electrons. The van der Waals surface area contributed by atoms with Crippen LogP contribution < -0.4 is 10.2 Å². The molecule has 1 amide bonds. The lowest BCUT2D eigenvalue weighted by atomic mass is 10.1. The number of likely N-dealkylation sites (N-methyl/N-ethyl adjacent to an activating group) is 1. The van der Waals surface area contributed by atoms with E-state index in [0.717, 1.165) is 38.5 Å². The summed E-state index contributed by atoms with van der Waals surface area (Å²) in [6.07, 6.45) is 38.4. The van der Waals surface area contributed by atoms with Crippen LogP contribution in [0.1, 0.15) is 123 Å². The van der Waals surface area contributed by atoms with Crippen LogP contribution in [0.3, 0.4) is 0 Å². The second-order valence-corrected chi connectivity index (χ2v) is 15.5. The molecule has 0 radical (unpaired) electrons. The second-order valence-electron chi connectivity index (χ2n) is 14.1. The number of amides is 1. The summed E-state index contributed by atoms with van der Waals surface area (Å²) < 4.78 is 23.0. The summed E-state index contributed by atoms with van der Waals surface area (Å²) in [6, 6.07) is -0.938. The normalized spacial score (nSPS) is 16.0. The Morgan fingerprint density at radius 3 is 2.08 bits per heavy atom. The molecule has 0 aliphatic rings. The van der Waals surface area contributed by atoms with Crippen molar-refractivity contribution in [3.8, 4) is 0 Å². The van der Waals surface area contributed by atoms with Crippen LogP contribution in [0.2, 0.25) is 0 Å². The molecule has 0 aliphatic carbocycles. The van der Waals surface area contributed by atoms with Gasteiger partial charge in [-0.15, -0.1) is 0 Å². The lowest BCUT2D eigenvalue weighted by Crippen LogP contribution is -2.45. The zero-order chi connectivity index (χ0) is 38.1. The zero-order valence-electron chi connectivity index (χ0n) is 32.6. The number of rotatable bonds is 33. The van der Waals surface area contributed by atoms with Crippen molar-refractivity contribution in [1.29, 1.82) is 0 Å². The molecule has 0 aromatic rings. The van der Waals surface area contributed by atoms with Gasteiger partial charge in [-0.25, -0.2) is 0 Å². The number of phosphoric acid groups is 1. The summed E-state index contributed by atoms with van der Waals surface area (Å²) in [6.45, 7) is 4.35. The van der Waals surface area contributed by atoms with Crippen LogP contribution >= 0.6 is 7.82 Å². The number of phosphoric ester groups is 1. The maximum atomic E-state index is 12.8. The number of carbonyl (C=O) groups excluding carboxylic acids is 1. The van der Waals surface area contributed by atoms with Gasteiger partial charge in [-0.05, 0) is 51.4 Å². The molecule has 51 heavy (non-hydrogen) atoms. The van der Waals surface area contributed by atoms with Gasteiger partial charge in [0.2, 0.25) is 5.91 Å². The predicted octanol–water partition coefficient (Wildman–Crippen LogP) is 8.41. The average Bonchev–Trinajstić information content (AvgIpc) is 3.07. The van der Waals surface area contributed by atoms with Gasteiger partial charge in [0.25, 0.3) is 7.82 Å². The Morgan fingerprint density at radius 1 is 0.765 bits per heavy atom. The Kier molecular flexibility index (Phi) is 31.2. The highest BCUT2D eigenvalue weighted by atomic mass is 31.2. The average molecular weight is 737 g/mol. The number of quaternary nitrogens is 1. The smallest absolute Gasteiger partial charge is 0.268 e. The Morgan fingerprint density at radius 2 is 1.39 bits per heavy atom. The molecule has 10 heteroatoms. The standard InChI is InChI=1S/C41H73N2O7P/c1-6-8-10-12-14-15-16-17-21-25-29-33-40(45)39(37-50-51(47,48)49-36-35-43(3,4)5)42-41(46)34-30-26-22-19-18-20-24-28-32-38(44)31-27-23-13-11-9-7-2/h9,11,19-20,22-24,27-29,32-33,38-40,44-45H,6-8,10,12-18,21,25-26,30-31,34-37H2,1-5H3,(H-,42,46,47,48)/b11-9-,22-19-,24-20-,27-23-,32-28+,33-29+/t38?,39-,40+/m0/s1. The molecule has 0 aromatic heterocycles. The predicted molar refractivity (Wildman–Crippen MR) is 211 cm³/mol. The fourth-order valence-corrected chi connectivity index (χ4v) is 5.58. The van der Waals surface area contributed by atoms with E-state index in [1.54, 1.807) is 12.2 Å². The molecule has 0 spiro atoms. The minimum absolute atomic E-state index is 0.0267. The van der Waals surface area contributed by atoms with E-state index < -0.39 is 32.7 Å². The molecule has 0 aliphatic heterocycles. The maximum absolute atomic E-state index is 12.8. The van der Waals surface area contributed by atoms with Gasteiger partial charge in [-0.3, -0.25) is 9.36 Å². The van der Waals surface area contributed by atoms with E-state index in [1.165, 1.54) is 44.9 Å². The van der Waals surface area contributed by atoms with E-state index in [9.17, 15) is 24.5 Å². The molecular formula is C41H73N2O7P. The van der Waals surface area contributed by atoms with E-state index in [1.807, 2.05) is 63.7 Å². The van der Waals surface area contributed by atoms with Crippen molar-refractivity contribution in [3.05, 3.63) is 72.9 Å². The minimum atomic E-state index is -4.61. The zero-order valence-corrected chi connectivity index (χ0v) is 33.5. The fourth-order valence-electron chi connectivity index (χ4n) is 4.86. The van der Waals surface area contributed by atoms with E-state index in [-0.39, 0.29) is 18.9 Å². The van der Waals surface area contributed by atoms with Crippen LogP contribution in [0.25, 0.3) is 0 Å². The Hall–Kier alpha value is -2.10. The quantitative estimate of drug-likeness (QED) is 0.0203. The van der Waals surface area contributed by atoms with Gasteiger partial charge in [0.15, 0.2) is 0 Å². The summed E-state index contributed by atoms with van der Waals surface area (Å²) >= 11 is 0. The molecule has 0 aromatic carbocycles. The second kappa shape index (κ2) is 32.5. The lowest BCUT2D eigenvalue weighted by molar-refractivity contribution is -0.870. The first-order valence-corrected chi connectivity index (χ1v) is 20.9. The largest absolute Gasteiger partial charge is 0.756 e. The third-order valence-corrected chi connectivity index (χ3v) is 8.97. The number of nitrogens with zero attached hydrogens (tertiary/aromatic N) is 1. The topological polar surface area (TPSA) is 128 Å². The highest BCUT2D eigenvalue weighted by Crippen LogP contribution is 2.38. The Balaban J connectivity index is 4.71. The molecule has 0 rings (SSSR count). The van der Waals surface area contributed by atoms with Crippen LogP contribution in [0.5, 0.6) is 0 Å². The van der Waals surface area contributed by atoms with Crippen molar-refractivity contribution >= 4 is 13.7 Å². The van der Waals surface area contributed by atoms with Gasteiger partial charge >= 0.3 is 0 Å². The van der Waals surface area contributed by atoms with E-state index in [2.05, 4.69) is 37.4 Å². The lowest BCUT2D eigenvalue weighted by Gasteiger charge is -2.29. The summed E-state index contributed by atoms with van der Waals surface area (Å²) in [4.78, 5) is 25.1. The minimum Gasteiger partial charge on any atom is -0.756 e. The molecule has 0 heterocycles. The van der Waals surface area contributed by atoms with Gasteiger partial charge in [-0.1, -0.05) is 138 Å². The Labute approximate surface area is 311 Å². The van der Waals surface area contributed by atoms with Crippen molar-refractivity contribution in [2.45, 2.75) is 141 Å². The number of hydrogen-bond acceptors (Lipinski definition) is 7. The van der Waals surface area contributed by atoms with Crippen molar-refractivity contribution in [1.82, 2.24) is 5.32 Å². The molecule has 0 saturated heterocycles. The van der Waals surface area contributed by atoms with Gasteiger partial charge < -0.3 is 34.0 Å². The highest BCUT2D eigenvalue weighted by molar-refractivity contribution is 7.45. The van der Waals surface area contributed by atoms with Crippen LogP contribution in [0.15, 0.2) is 72.9 Å². The summed E-state index contributed by atoms with van der Waals surface area (Å²) in [7, 11) is 1.17. The third-order valence-electron chi connectivity index (χ3n) is 8.00. The van der Waals surface area contributed by atoms with E-state index in [4.69, 9.17) is 9.05 Å². The highest BCUT2D eigenvalue weighted by Gasteiger charge is 2.23. The molecule has 0 fully saturated rings. The van der Waals surface area contributed by atoms with Crippen LogP contribution in [-0.4, -0.2) is 79.8 Å². The van der Waals surface area contributed by atoms with Gasteiger partial charge in [0.1, 0.15) is 13.2 Å². The SMILES string of the molecule is CC/C=C\C/C=C\CC(O)/C=C/C=C\C/C=C\CCCC(=O)N[C@@H](COP(=O)([O-])OCC[N+](C)(C)C)[C@H](O)/C=C/CCCCCCCCCCC. The number of unbranched alkanes of at least 4 members (excludes halogenated alkanes) is 10. The number of nitrogens with one attached hydrogen (secondary N) is 1. The van der Waals surface area contributed by atoms with Crippen LogP contribution in [0, 0.1) is 0 Å². The first-order valence-electron chi connectivity index (χ1n) is 19.4. The Bertz CT molecular complexity index is 1080. The summed E-state index contributed by atoms with van der Waals surface area (Å²) in [5.41, 5.74) is 0. The van der Waals surface area contributed by atoms with Crippen molar-refractivity contribution in [3.63, 3.8) is 0 Å². The summed E-state index contributed by atoms with van der Waals surface area (Å²) in [5.74, 6) is -0.286. The van der Waals surface area contributed by atoms with Crippen molar-refractivity contribution in [2.24, 2.45) is 0 Å². The number of allylic oxidation sites excluding steroid dienone is 9. The monoisotopic (exact) mass is 737 g/mol. The fraction of sp³-hybridized carbons (Fsp3) is 0.683. The van der Waals surface area contributed by atoms with Crippen molar-refractivity contribution in [2.75, 3.05) is 40.9 Å². The van der Waals surface area contributed by atoms with Crippen molar-refractivity contribution < 1.29 is 38.0 Å². The van der Waals surface area contributed by atoms with E-state index in [0.29, 0.717) is 30.3 Å². The molecule has 9 nitrogen and oxygen atoms in total.